The fourth-order valence-electron chi connectivity index (χ4n) is 2.67. The Labute approximate surface area is 97.1 Å². The number of aliphatic hydroxyl groups excluding tert-OH is 1. The van der Waals surface area contributed by atoms with Crippen LogP contribution in [0.25, 0.3) is 0 Å². The average molecular weight is 248 g/mol. The third-order valence-corrected chi connectivity index (χ3v) is 5.33. The molecule has 5 nitrogen and oxygen atoms in total. The first-order valence-electron chi connectivity index (χ1n) is 5.96. The lowest BCUT2D eigenvalue weighted by molar-refractivity contribution is 0.256. The average Bonchev–Trinajstić information content (AvgIpc) is 2.55. The number of aliphatic hydroxyl groups is 1. The Morgan fingerprint density at radius 3 is 2.69 bits per heavy atom. The molecule has 94 valence electrons. The number of nitrogens with zero attached hydrogens (tertiary/aromatic N) is 2. The van der Waals surface area contributed by atoms with Crippen molar-refractivity contribution in [2.24, 2.45) is 0 Å². The molecule has 0 aliphatic carbocycles. The first kappa shape index (κ1) is 12.3. The van der Waals surface area contributed by atoms with E-state index in [1.807, 2.05) is 0 Å². The Morgan fingerprint density at radius 1 is 1.19 bits per heavy atom. The largest absolute Gasteiger partial charge is 0.395 e. The maximum absolute atomic E-state index is 11.9. The predicted molar refractivity (Wildman–Crippen MR) is 61.7 cm³/mol. The van der Waals surface area contributed by atoms with Gasteiger partial charge in [-0.25, -0.2) is 12.7 Å². The van der Waals surface area contributed by atoms with Crippen molar-refractivity contribution < 1.29 is 13.5 Å². The molecule has 1 unspecified atom stereocenters. The van der Waals surface area contributed by atoms with Gasteiger partial charge in [0.05, 0.1) is 12.4 Å². The van der Waals surface area contributed by atoms with Crippen LogP contribution in [0.3, 0.4) is 0 Å². The molecule has 0 radical (unpaired) electrons. The lowest BCUT2D eigenvalue weighted by Gasteiger charge is -2.24. The molecule has 6 heteroatoms. The van der Waals surface area contributed by atoms with E-state index in [-0.39, 0.29) is 12.4 Å². The number of sulfonamides is 1. The minimum atomic E-state index is -3.24. The van der Waals surface area contributed by atoms with Crippen LogP contribution in [0.15, 0.2) is 0 Å². The topological polar surface area (TPSA) is 60.9 Å². The molecule has 0 aromatic heterocycles. The SMILES string of the molecule is O=S(=O)(CCO)N1CCCN2CCCC2C1. The smallest absolute Gasteiger partial charge is 0.216 e. The molecule has 1 atom stereocenters. The van der Waals surface area contributed by atoms with Crippen molar-refractivity contribution in [1.29, 1.82) is 0 Å². The molecule has 2 rings (SSSR count). The second-order valence-electron chi connectivity index (χ2n) is 4.58. The van der Waals surface area contributed by atoms with Crippen LogP contribution in [0.5, 0.6) is 0 Å². The summed E-state index contributed by atoms with van der Waals surface area (Å²) in [5, 5.41) is 8.77. The maximum Gasteiger partial charge on any atom is 0.216 e. The van der Waals surface area contributed by atoms with E-state index in [0.29, 0.717) is 19.1 Å². The van der Waals surface area contributed by atoms with E-state index in [0.717, 1.165) is 25.9 Å². The summed E-state index contributed by atoms with van der Waals surface area (Å²) in [7, 11) is -3.24. The van der Waals surface area contributed by atoms with E-state index in [4.69, 9.17) is 5.11 Å². The standard InChI is InChI=1S/C10H20N2O3S/c13-7-8-16(14,15)12-6-2-5-11-4-1-3-10(11)9-12/h10,13H,1-9H2. The highest BCUT2D eigenvalue weighted by atomic mass is 32.2. The maximum atomic E-state index is 11.9. The summed E-state index contributed by atoms with van der Waals surface area (Å²) in [5.74, 6) is -0.139. The van der Waals surface area contributed by atoms with Crippen LogP contribution in [-0.4, -0.2) is 67.3 Å². The summed E-state index contributed by atoms with van der Waals surface area (Å²) in [6.07, 6.45) is 3.19. The molecular weight excluding hydrogens is 228 g/mol. The van der Waals surface area contributed by atoms with Crippen molar-refractivity contribution in [3.05, 3.63) is 0 Å². The third kappa shape index (κ3) is 2.56. The normalized spacial score (nSPS) is 28.9. The summed E-state index contributed by atoms with van der Waals surface area (Å²) in [6.45, 7) is 3.05. The minimum Gasteiger partial charge on any atom is -0.395 e. The van der Waals surface area contributed by atoms with Gasteiger partial charge in [0.25, 0.3) is 0 Å². The molecule has 2 saturated heterocycles. The molecule has 2 fully saturated rings. The Kier molecular flexibility index (Phi) is 3.84. The van der Waals surface area contributed by atoms with Gasteiger partial charge in [0.2, 0.25) is 10.0 Å². The summed E-state index contributed by atoms with van der Waals surface area (Å²) in [4.78, 5) is 2.40. The summed E-state index contributed by atoms with van der Waals surface area (Å²) >= 11 is 0. The van der Waals surface area contributed by atoms with Gasteiger partial charge in [0, 0.05) is 19.1 Å². The number of fused-ring (bicyclic) bond motifs is 1. The Bertz CT molecular complexity index is 331. The molecule has 2 aliphatic rings. The molecule has 0 aromatic carbocycles. The molecule has 2 heterocycles. The van der Waals surface area contributed by atoms with Crippen LogP contribution in [0.1, 0.15) is 19.3 Å². The number of hydrogen-bond acceptors (Lipinski definition) is 4. The van der Waals surface area contributed by atoms with Crippen molar-refractivity contribution in [1.82, 2.24) is 9.21 Å². The molecule has 0 amide bonds. The Morgan fingerprint density at radius 2 is 1.94 bits per heavy atom. The number of hydrogen-bond donors (Lipinski definition) is 1. The quantitative estimate of drug-likeness (QED) is 0.730. The zero-order valence-electron chi connectivity index (χ0n) is 9.51. The molecule has 0 saturated carbocycles. The van der Waals surface area contributed by atoms with E-state index in [9.17, 15) is 8.42 Å². The number of rotatable bonds is 3. The van der Waals surface area contributed by atoms with Crippen LogP contribution in [0.4, 0.5) is 0 Å². The van der Waals surface area contributed by atoms with Crippen LogP contribution in [0, 0.1) is 0 Å². The fraction of sp³-hybridized carbons (Fsp3) is 1.00. The summed E-state index contributed by atoms with van der Waals surface area (Å²) in [5.41, 5.74) is 0. The molecule has 16 heavy (non-hydrogen) atoms. The molecule has 2 aliphatic heterocycles. The van der Waals surface area contributed by atoms with Crippen molar-refractivity contribution in [2.45, 2.75) is 25.3 Å². The molecular formula is C10H20N2O3S. The van der Waals surface area contributed by atoms with Gasteiger partial charge in [0.1, 0.15) is 0 Å². The van der Waals surface area contributed by atoms with Crippen LogP contribution in [0.2, 0.25) is 0 Å². The second kappa shape index (κ2) is 5.00. The first-order chi connectivity index (χ1) is 7.63. The predicted octanol–water partition coefficient (Wildman–Crippen LogP) is -0.521. The second-order valence-corrected chi connectivity index (χ2v) is 6.67. The van der Waals surface area contributed by atoms with E-state index in [2.05, 4.69) is 4.90 Å². The van der Waals surface area contributed by atoms with Crippen molar-refractivity contribution in [3.8, 4) is 0 Å². The molecule has 0 spiro atoms. The fourth-order valence-corrected chi connectivity index (χ4v) is 3.97. The highest BCUT2D eigenvalue weighted by molar-refractivity contribution is 7.89. The van der Waals surface area contributed by atoms with Gasteiger partial charge in [0.15, 0.2) is 0 Å². The van der Waals surface area contributed by atoms with Gasteiger partial charge in [-0.1, -0.05) is 0 Å². The third-order valence-electron chi connectivity index (χ3n) is 3.51. The van der Waals surface area contributed by atoms with E-state index in [1.54, 1.807) is 4.31 Å². The Balaban J connectivity index is 2.05. The summed E-state index contributed by atoms with van der Waals surface area (Å²) < 4.78 is 25.3. The molecule has 1 N–H and O–H groups in total. The lowest BCUT2D eigenvalue weighted by atomic mass is 10.2. The van der Waals surface area contributed by atoms with E-state index < -0.39 is 10.0 Å². The zero-order chi connectivity index (χ0) is 11.6. The van der Waals surface area contributed by atoms with Gasteiger partial charge in [-0.2, -0.15) is 0 Å². The molecule has 0 bridgehead atoms. The van der Waals surface area contributed by atoms with Crippen molar-refractivity contribution in [3.63, 3.8) is 0 Å². The van der Waals surface area contributed by atoms with Crippen LogP contribution in [-0.2, 0) is 10.0 Å². The van der Waals surface area contributed by atoms with Gasteiger partial charge in [-0.05, 0) is 32.4 Å². The van der Waals surface area contributed by atoms with Crippen LogP contribution >= 0.6 is 0 Å². The van der Waals surface area contributed by atoms with Crippen molar-refractivity contribution in [2.75, 3.05) is 38.5 Å². The van der Waals surface area contributed by atoms with Gasteiger partial charge in [-0.3, -0.25) is 4.90 Å². The van der Waals surface area contributed by atoms with Gasteiger partial charge < -0.3 is 5.11 Å². The minimum absolute atomic E-state index is 0.139. The van der Waals surface area contributed by atoms with Gasteiger partial charge in [-0.15, -0.1) is 0 Å². The van der Waals surface area contributed by atoms with Gasteiger partial charge >= 0.3 is 0 Å². The van der Waals surface area contributed by atoms with E-state index in [1.165, 1.54) is 6.42 Å². The lowest BCUT2D eigenvalue weighted by Crippen LogP contribution is -2.41. The van der Waals surface area contributed by atoms with Crippen molar-refractivity contribution >= 4 is 10.0 Å². The first-order valence-corrected chi connectivity index (χ1v) is 7.57. The zero-order valence-corrected chi connectivity index (χ0v) is 10.3. The highest BCUT2D eigenvalue weighted by Gasteiger charge is 2.33. The summed E-state index contributed by atoms with van der Waals surface area (Å²) in [6, 6.07) is 0.399. The monoisotopic (exact) mass is 248 g/mol. The molecule has 0 aromatic rings. The highest BCUT2D eigenvalue weighted by Crippen LogP contribution is 2.22. The Hall–Kier alpha value is -0.170. The van der Waals surface area contributed by atoms with E-state index >= 15 is 0 Å². The van der Waals surface area contributed by atoms with Crippen LogP contribution < -0.4 is 0 Å².